The van der Waals surface area contributed by atoms with Gasteiger partial charge in [-0.25, -0.2) is 0 Å². The highest BCUT2D eigenvalue weighted by Crippen LogP contribution is 2.29. The zero-order valence-corrected chi connectivity index (χ0v) is 7.82. The first kappa shape index (κ1) is 10.2. The summed E-state index contributed by atoms with van der Waals surface area (Å²) in [5, 5.41) is 0. The third kappa shape index (κ3) is 2.28. The van der Waals surface area contributed by atoms with Crippen LogP contribution in [0.1, 0.15) is 26.2 Å². The summed E-state index contributed by atoms with van der Waals surface area (Å²) in [5.74, 6) is -0.0506. The molecule has 0 radical (unpaired) electrons. The van der Waals surface area contributed by atoms with Gasteiger partial charge in [0.15, 0.2) is 0 Å². The van der Waals surface area contributed by atoms with Crippen molar-refractivity contribution in [3.8, 4) is 0 Å². The molecule has 4 nitrogen and oxygen atoms in total. The molecule has 3 atom stereocenters. The number of nitrogens with two attached hydrogens (primary N) is 2. The maximum atomic E-state index is 11.1. The largest absolute Gasteiger partial charge is 0.368 e. The molecule has 4 heteroatoms. The summed E-state index contributed by atoms with van der Waals surface area (Å²) in [6.45, 7) is 2.01. The second-order valence-electron chi connectivity index (χ2n) is 3.85. The van der Waals surface area contributed by atoms with E-state index in [0.29, 0.717) is 18.8 Å². The highest BCUT2D eigenvalue weighted by molar-refractivity contribution is 5.83. The molecule has 1 rings (SSSR count). The Morgan fingerprint density at radius 3 is 2.77 bits per heavy atom. The molecule has 74 valence electrons. The maximum Gasteiger partial charge on any atom is 0.234 e. The molecule has 0 heterocycles. The zero-order chi connectivity index (χ0) is 10.0. The van der Waals surface area contributed by atoms with E-state index in [1.165, 1.54) is 0 Å². The number of primary amides is 1. The van der Waals surface area contributed by atoms with Gasteiger partial charge in [0.05, 0.1) is 6.04 Å². The van der Waals surface area contributed by atoms with E-state index in [-0.39, 0.29) is 11.7 Å². The van der Waals surface area contributed by atoms with Gasteiger partial charge in [0, 0.05) is 12.8 Å². The van der Waals surface area contributed by atoms with Gasteiger partial charge in [0.1, 0.15) is 5.78 Å². The molecule has 0 aromatic carbocycles. The van der Waals surface area contributed by atoms with Crippen LogP contribution in [-0.4, -0.2) is 17.7 Å². The third-order valence-electron chi connectivity index (χ3n) is 2.86. The van der Waals surface area contributed by atoms with E-state index in [1.807, 2.05) is 6.92 Å². The molecule has 0 spiro atoms. The number of rotatable bonds is 2. The molecule has 1 aliphatic carbocycles. The molecule has 13 heavy (non-hydrogen) atoms. The Kier molecular flexibility index (Phi) is 3.03. The monoisotopic (exact) mass is 184 g/mol. The first-order valence-corrected chi connectivity index (χ1v) is 4.59. The molecule has 4 N–H and O–H groups in total. The van der Waals surface area contributed by atoms with Crippen molar-refractivity contribution < 1.29 is 9.59 Å². The number of hydrogen-bond acceptors (Lipinski definition) is 3. The van der Waals surface area contributed by atoms with Gasteiger partial charge >= 0.3 is 0 Å². The van der Waals surface area contributed by atoms with E-state index in [2.05, 4.69) is 0 Å². The van der Waals surface area contributed by atoms with Crippen molar-refractivity contribution in [2.45, 2.75) is 32.2 Å². The third-order valence-corrected chi connectivity index (χ3v) is 2.86. The number of carbonyl (C=O) groups excluding carboxylic acids is 2. The first-order valence-electron chi connectivity index (χ1n) is 4.59. The van der Waals surface area contributed by atoms with Crippen molar-refractivity contribution in [3.63, 3.8) is 0 Å². The Hall–Kier alpha value is -0.900. The van der Waals surface area contributed by atoms with Crippen LogP contribution < -0.4 is 11.5 Å². The average molecular weight is 184 g/mol. The van der Waals surface area contributed by atoms with Crippen LogP contribution in [-0.2, 0) is 9.59 Å². The summed E-state index contributed by atoms with van der Waals surface area (Å²) in [6, 6.07) is -0.667. The summed E-state index contributed by atoms with van der Waals surface area (Å²) in [4.78, 5) is 22.0. The summed E-state index contributed by atoms with van der Waals surface area (Å²) < 4.78 is 0. The van der Waals surface area contributed by atoms with E-state index in [9.17, 15) is 9.59 Å². The van der Waals surface area contributed by atoms with Gasteiger partial charge in [0.2, 0.25) is 5.91 Å². The van der Waals surface area contributed by atoms with Crippen molar-refractivity contribution in [3.05, 3.63) is 0 Å². The Morgan fingerprint density at radius 2 is 2.23 bits per heavy atom. The number of Topliss-reactive ketones (excluding diaryl/α,β-unsaturated/α-hetero) is 1. The van der Waals surface area contributed by atoms with E-state index < -0.39 is 11.9 Å². The molecule has 0 bridgehead atoms. The molecule has 0 aliphatic heterocycles. The normalized spacial score (nSPS) is 31.4. The average Bonchev–Trinajstić information content (AvgIpc) is 2.08. The van der Waals surface area contributed by atoms with Crippen molar-refractivity contribution in [1.82, 2.24) is 0 Å². The SMILES string of the molecule is CC1CCC(=O)CC1C(N)C(N)=O. The lowest BCUT2D eigenvalue weighted by atomic mass is 9.76. The number of carbonyl (C=O) groups is 2. The summed E-state index contributed by atoms with van der Waals surface area (Å²) in [7, 11) is 0. The maximum absolute atomic E-state index is 11.1. The van der Waals surface area contributed by atoms with Crippen LogP contribution in [0.25, 0.3) is 0 Å². The van der Waals surface area contributed by atoms with Crippen LogP contribution in [0, 0.1) is 11.8 Å². The fraction of sp³-hybridized carbons (Fsp3) is 0.778. The van der Waals surface area contributed by atoms with Gasteiger partial charge in [-0.05, 0) is 18.3 Å². The van der Waals surface area contributed by atoms with Gasteiger partial charge in [0.25, 0.3) is 0 Å². The van der Waals surface area contributed by atoms with Crippen LogP contribution in [0.2, 0.25) is 0 Å². The van der Waals surface area contributed by atoms with Crippen LogP contribution >= 0.6 is 0 Å². The van der Waals surface area contributed by atoms with Gasteiger partial charge in [-0.1, -0.05) is 6.92 Å². The first-order chi connectivity index (χ1) is 6.02. The van der Waals surface area contributed by atoms with Crippen LogP contribution in [0.15, 0.2) is 0 Å². The number of ketones is 1. The molecule has 1 aliphatic rings. The van der Waals surface area contributed by atoms with Crippen LogP contribution in [0.3, 0.4) is 0 Å². The van der Waals surface area contributed by atoms with Gasteiger partial charge in [-0.15, -0.1) is 0 Å². The van der Waals surface area contributed by atoms with Gasteiger partial charge in [-0.3, -0.25) is 9.59 Å². The van der Waals surface area contributed by atoms with E-state index in [1.54, 1.807) is 0 Å². The Bertz CT molecular complexity index is 226. The predicted molar refractivity (Wildman–Crippen MR) is 48.7 cm³/mol. The molecule has 0 saturated heterocycles. The molecular weight excluding hydrogens is 168 g/mol. The van der Waals surface area contributed by atoms with Crippen LogP contribution in [0.4, 0.5) is 0 Å². The molecule has 0 aromatic rings. The van der Waals surface area contributed by atoms with Crippen LogP contribution in [0.5, 0.6) is 0 Å². The van der Waals surface area contributed by atoms with E-state index in [0.717, 1.165) is 6.42 Å². The van der Waals surface area contributed by atoms with Crippen molar-refractivity contribution >= 4 is 11.7 Å². The topological polar surface area (TPSA) is 86.2 Å². The van der Waals surface area contributed by atoms with Gasteiger partial charge < -0.3 is 11.5 Å². The van der Waals surface area contributed by atoms with E-state index in [4.69, 9.17) is 11.5 Å². The van der Waals surface area contributed by atoms with Crippen molar-refractivity contribution in [2.75, 3.05) is 0 Å². The quantitative estimate of drug-likeness (QED) is 0.623. The highest BCUT2D eigenvalue weighted by atomic mass is 16.1. The van der Waals surface area contributed by atoms with E-state index >= 15 is 0 Å². The molecule has 1 amide bonds. The fourth-order valence-corrected chi connectivity index (χ4v) is 1.86. The summed E-state index contributed by atoms with van der Waals surface area (Å²) >= 11 is 0. The molecule has 3 unspecified atom stereocenters. The van der Waals surface area contributed by atoms with Crippen molar-refractivity contribution in [1.29, 1.82) is 0 Å². The second kappa shape index (κ2) is 3.87. The molecular formula is C9H16N2O2. The minimum atomic E-state index is -0.667. The fourth-order valence-electron chi connectivity index (χ4n) is 1.86. The van der Waals surface area contributed by atoms with Crippen molar-refractivity contribution in [2.24, 2.45) is 23.3 Å². The Morgan fingerprint density at radius 1 is 1.62 bits per heavy atom. The lowest BCUT2D eigenvalue weighted by Gasteiger charge is -2.30. The number of hydrogen-bond donors (Lipinski definition) is 2. The second-order valence-corrected chi connectivity index (χ2v) is 3.85. The summed E-state index contributed by atoms with van der Waals surface area (Å²) in [6.07, 6.45) is 1.85. The Balaban J connectivity index is 2.65. The molecule has 1 saturated carbocycles. The molecule has 0 aromatic heterocycles. The minimum absolute atomic E-state index is 0.0567. The van der Waals surface area contributed by atoms with Gasteiger partial charge in [-0.2, -0.15) is 0 Å². The Labute approximate surface area is 77.7 Å². The number of amides is 1. The minimum Gasteiger partial charge on any atom is -0.368 e. The lowest BCUT2D eigenvalue weighted by Crippen LogP contribution is -2.47. The zero-order valence-electron chi connectivity index (χ0n) is 7.82. The smallest absolute Gasteiger partial charge is 0.234 e. The summed E-state index contributed by atoms with van der Waals surface area (Å²) in [5.41, 5.74) is 10.7. The highest BCUT2D eigenvalue weighted by Gasteiger charge is 2.33. The lowest BCUT2D eigenvalue weighted by molar-refractivity contribution is -0.125. The predicted octanol–water partition coefficient (Wildman–Crippen LogP) is -0.196. The molecule has 1 fully saturated rings. The standard InChI is InChI=1S/C9H16N2O2/c1-5-2-3-6(12)4-7(5)8(10)9(11)13/h5,7-8H,2-4,10H2,1H3,(H2,11,13).